The van der Waals surface area contributed by atoms with Crippen LogP contribution < -0.4 is 5.73 Å². The van der Waals surface area contributed by atoms with Gasteiger partial charge in [-0.3, -0.25) is 0 Å². The smallest absolute Gasteiger partial charge is 0.179 e. The first-order valence-corrected chi connectivity index (χ1v) is 8.52. The van der Waals surface area contributed by atoms with Crippen molar-refractivity contribution >= 4 is 27.1 Å². The summed E-state index contributed by atoms with van der Waals surface area (Å²) in [6.07, 6.45) is 3.08. The lowest BCUT2D eigenvalue weighted by molar-refractivity contribution is 0.340. The van der Waals surface area contributed by atoms with Gasteiger partial charge < -0.3 is 10.6 Å². The van der Waals surface area contributed by atoms with E-state index >= 15 is 0 Å². The van der Waals surface area contributed by atoms with E-state index in [-0.39, 0.29) is 15.7 Å². The summed E-state index contributed by atoms with van der Waals surface area (Å²) in [4.78, 5) is 2.49. The molecule has 19 heavy (non-hydrogen) atoms. The summed E-state index contributed by atoms with van der Waals surface area (Å²) in [5.74, 6) is 0.132. The number of halogens is 1. The van der Waals surface area contributed by atoms with Gasteiger partial charge in [0.15, 0.2) is 9.84 Å². The Morgan fingerprint density at radius 2 is 1.95 bits per heavy atom. The summed E-state index contributed by atoms with van der Waals surface area (Å²) < 4.78 is 24.4. The summed E-state index contributed by atoms with van der Waals surface area (Å²) >= 11 is 5.95. The molecule has 0 unspecified atom stereocenters. The second kappa shape index (κ2) is 6.11. The molecule has 1 aliphatic rings. The van der Waals surface area contributed by atoms with E-state index in [0.717, 1.165) is 19.6 Å². The van der Waals surface area contributed by atoms with Crippen LogP contribution in [0.3, 0.4) is 0 Å². The zero-order chi connectivity index (χ0) is 13.9. The van der Waals surface area contributed by atoms with Gasteiger partial charge in [0.05, 0.1) is 15.7 Å². The van der Waals surface area contributed by atoms with Crippen molar-refractivity contribution in [3.8, 4) is 0 Å². The molecule has 0 radical (unpaired) electrons. The van der Waals surface area contributed by atoms with Crippen molar-refractivity contribution in [1.29, 1.82) is 0 Å². The third-order valence-corrected chi connectivity index (χ3v) is 5.65. The Morgan fingerprint density at radius 1 is 1.26 bits per heavy atom. The molecule has 1 aromatic rings. The second-order valence-corrected chi connectivity index (χ2v) is 7.40. The fourth-order valence-electron chi connectivity index (χ4n) is 2.36. The molecule has 4 nitrogen and oxygen atoms in total. The molecule has 0 aromatic heterocycles. The summed E-state index contributed by atoms with van der Waals surface area (Å²) in [6.45, 7) is 3.01. The fourth-order valence-corrected chi connectivity index (χ4v) is 4.27. The molecule has 106 valence electrons. The van der Waals surface area contributed by atoms with Crippen LogP contribution in [-0.4, -0.2) is 38.7 Å². The Balaban J connectivity index is 1.97. The Hall–Kier alpha value is -0.780. The largest absolute Gasteiger partial charge is 0.399 e. The minimum atomic E-state index is -3.31. The molecule has 2 rings (SSSR count). The highest BCUT2D eigenvalue weighted by molar-refractivity contribution is 7.91. The number of hydrogen-bond acceptors (Lipinski definition) is 4. The summed E-state index contributed by atoms with van der Waals surface area (Å²) in [7, 11) is -3.31. The Labute approximate surface area is 119 Å². The van der Waals surface area contributed by atoms with Crippen LogP contribution in [0.4, 0.5) is 5.69 Å². The van der Waals surface area contributed by atoms with E-state index in [4.69, 9.17) is 17.3 Å². The standard InChI is InChI=1S/C13H19ClN2O2S/c14-12-10-11(15)4-5-13(12)19(17,18)9-3-8-16-6-1-2-7-16/h4-5,10H,1-3,6-9,15H2. The van der Waals surface area contributed by atoms with Gasteiger partial charge in [0.25, 0.3) is 0 Å². The minimum absolute atomic E-state index is 0.132. The molecule has 1 fully saturated rings. The van der Waals surface area contributed by atoms with Crippen LogP contribution in [0.25, 0.3) is 0 Å². The molecule has 1 aliphatic heterocycles. The third-order valence-electron chi connectivity index (χ3n) is 3.38. The molecule has 0 spiro atoms. The molecule has 0 atom stereocenters. The lowest BCUT2D eigenvalue weighted by Gasteiger charge is -2.14. The molecule has 1 heterocycles. The average Bonchev–Trinajstić information content (AvgIpc) is 2.81. The SMILES string of the molecule is Nc1ccc(S(=O)(=O)CCCN2CCCC2)c(Cl)c1. The van der Waals surface area contributed by atoms with Gasteiger partial charge in [0.2, 0.25) is 0 Å². The van der Waals surface area contributed by atoms with Crippen LogP contribution in [0.5, 0.6) is 0 Å². The lowest BCUT2D eigenvalue weighted by Crippen LogP contribution is -2.22. The Morgan fingerprint density at radius 3 is 2.58 bits per heavy atom. The summed E-state index contributed by atoms with van der Waals surface area (Å²) in [5.41, 5.74) is 6.04. The van der Waals surface area contributed by atoms with E-state index in [0.29, 0.717) is 12.1 Å². The topological polar surface area (TPSA) is 63.4 Å². The molecule has 0 bridgehead atoms. The normalized spacial score (nSPS) is 16.9. The quantitative estimate of drug-likeness (QED) is 0.847. The van der Waals surface area contributed by atoms with Gasteiger partial charge in [-0.05, 0) is 57.1 Å². The molecule has 1 aromatic carbocycles. The van der Waals surface area contributed by atoms with Gasteiger partial charge in [0.1, 0.15) is 0 Å². The predicted molar refractivity (Wildman–Crippen MR) is 78.2 cm³/mol. The highest BCUT2D eigenvalue weighted by atomic mass is 35.5. The van der Waals surface area contributed by atoms with Crippen molar-refractivity contribution in [1.82, 2.24) is 4.90 Å². The van der Waals surface area contributed by atoms with Gasteiger partial charge in [-0.25, -0.2) is 8.42 Å². The van der Waals surface area contributed by atoms with Crippen LogP contribution in [0, 0.1) is 0 Å². The number of nitrogens with zero attached hydrogens (tertiary/aromatic N) is 1. The van der Waals surface area contributed by atoms with E-state index in [1.54, 1.807) is 6.07 Å². The van der Waals surface area contributed by atoms with Gasteiger partial charge in [0, 0.05) is 5.69 Å². The van der Waals surface area contributed by atoms with Crippen molar-refractivity contribution in [3.63, 3.8) is 0 Å². The molecule has 1 saturated heterocycles. The molecule has 0 saturated carbocycles. The molecule has 0 aliphatic carbocycles. The zero-order valence-corrected chi connectivity index (χ0v) is 12.4. The molecular formula is C13H19ClN2O2S. The summed E-state index contributed by atoms with van der Waals surface area (Å²) in [6, 6.07) is 4.54. The van der Waals surface area contributed by atoms with E-state index in [2.05, 4.69) is 4.90 Å². The second-order valence-electron chi connectivity index (χ2n) is 4.91. The first kappa shape index (κ1) is 14.6. The van der Waals surface area contributed by atoms with Crippen LogP contribution in [0.15, 0.2) is 23.1 Å². The first-order valence-electron chi connectivity index (χ1n) is 6.49. The number of anilines is 1. The van der Waals surface area contributed by atoms with Crippen molar-refractivity contribution in [2.24, 2.45) is 0 Å². The Bertz CT molecular complexity index is 540. The van der Waals surface area contributed by atoms with Crippen molar-refractivity contribution < 1.29 is 8.42 Å². The number of likely N-dealkylation sites (tertiary alicyclic amines) is 1. The molecule has 0 amide bonds. The first-order chi connectivity index (χ1) is 8.99. The van der Waals surface area contributed by atoms with Crippen LogP contribution in [-0.2, 0) is 9.84 Å². The predicted octanol–water partition coefficient (Wildman–Crippen LogP) is 2.18. The maximum absolute atomic E-state index is 12.2. The highest BCUT2D eigenvalue weighted by Gasteiger charge is 2.19. The molecule has 6 heteroatoms. The number of hydrogen-bond donors (Lipinski definition) is 1. The van der Waals surface area contributed by atoms with E-state index in [9.17, 15) is 8.42 Å². The van der Waals surface area contributed by atoms with Crippen LogP contribution >= 0.6 is 11.6 Å². The van der Waals surface area contributed by atoms with Gasteiger partial charge in [-0.1, -0.05) is 11.6 Å². The van der Waals surface area contributed by atoms with Gasteiger partial charge >= 0.3 is 0 Å². The van der Waals surface area contributed by atoms with E-state index < -0.39 is 9.84 Å². The lowest BCUT2D eigenvalue weighted by atomic mass is 10.3. The van der Waals surface area contributed by atoms with Crippen molar-refractivity contribution in [2.45, 2.75) is 24.2 Å². The number of benzene rings is 1. The van der Waals surface area contributed by atoms with Crippen molar-refractivity contribution in [3.05, 3.63) is 23.2 Å². The van der Waals surface area contributed by atoms with Crippen molar-refractivity contribution in [2.75, 3.05) is 31.1 Å². The van der Waals surface area contributed by atoms with E-state index in [1.807, 2.05) is 0 Å². The van der Waals surface area contributed by atoms with Gasteiger partial charge in [-0.15, -0.1) is 0 Å². The number of nitrogens with two attached hydrogens (primary N) is 1. The van der Waals surface area contributed by atoms with Crippen LogP contribution in [0.1, 0.15) is 19.3 Å². The number of sulfone groups is 1. The minimum Gasteiger partial charge on any atom is -0.399 e. The third kappa shape index (κ3) is 3.84. The van der Waals surface area contributed by atoms with E-state index in [1.165, 1.54) is 25.0 Å². The highest BCUT2D eigenvalue weighted by Crippen LogP contribution is 2.25. The van der Waals surface area contributed by atoms with Crippen LogP contribution in [0.2, 0.25) is 5.02 Å². The maximum atomic E-state index is 12.2. The fraction of sp³-hybridized carbons (Fsp3) is 0.538. The van der Waals surface area contributed by atoms with Gasteiger partial charge in [-0.2, -0.15) is 0 Å². The average molecular weight is 303 g/mol. The Kier molecular flexibility index (Phi) is 4.71. The maximum Gasteiger partial charge on any atom is 0.179 e. The zero-order valence-electron chi connectivity index (χ0n) is 10.8. The molecular weight excluding hydrogens is 284 g/mol. The number of rotatable bonds is 5. The number of nitrogen functional groups attached to an aromatic ring is 1. The molecule has 2 N–H and O–H groups in total. The monoisotopic (exact) mass is 302 g/mol. The summed E-state index contributed by atoms with van der Waals surface area (Å²) in [5, 5.41) is 0.209.